The van der Waals surface area contributed by atoms with Gasteiger partial charge in [-0.3, -0.25) is 4.79 Å². The van der Waals surface area contributed by atoms with Crippen LogP contribution in [0.25, 0.3) is 0 Å². The Morgan fingerprint density at radius 1 is 1.43 bits per heavy atom. The summed E-state index contributed by atoms with van der Waals surface area (Å²) in [7, 11) is 0. The number of halogens is 3. The molecule has 0 bridgehead atoms. The minimum absolute atomic E-state index is 0.126. The summed E-state index contributed by atoms with van der Waals surface area (Å²) in [5, 5.41) is 10.9. The molecule has 0 radical (unpaired) electrons. The maximum atomic E-state index is 12.0. The van der Waals surface area contributed by atoms with Crippen molar-refractivity contribution in [3.8, 4) is 0 Å². The van der Waals surface area contributed by atoms with Gasteiger partial charge in [0.05, 0.1) is 0 Å². The van der Waals surface area contributed by atoms with Crippen LogP contribution in [0.4, 0.5) is 13.2 Å². The zero-order chi connectivity index (χ0) is 10.8. The van der Waals surface area contributed by atoms with E-state index in [1.807, 2.05) is 0 Å². The predicted octanol–water partition coefficient (Wildman–Crippen LogP) is 1.10. The molecule has 0 amide bonds. The molecule has 0 saturated carbocycles. The summed E-state index contributed by atoms with van der Waals surface area (Å²) >= 11 is 0. The lowest BCUT2D eigenvalue weighted by atomic mass is 10.1. The molecule has 0 saturated heterocycles. The molecule has 1 aliphatic carbocycles. The molecule has 1 aliphatic rings. The number of rotatable bonds is 3. The van der Waals surface area contributed by atoms with Crippen molar-refractivity contribution in [1.82, 2.24) is 5.32 Å². The third-order valence-corrected chi connectivity index (χ3v) is 2.04. The minimum atomic E-state index is -4.82. The van der Waals surface area contributed by atoms with E-state index in [1.165, 1.54) is 0 Å². The molecule has 2 N–H and O–H groups in total. The summed E-state index contributed by atoms with van der Waals surface area (Å²) in [6.07, 6.45) is -3.79. The van der Waals surface area contributed by atoms with Crippen molar-refractivity contribution < 1.29 is 23.1 Å². The number of aliphatic hydroxyl groups is 1. The Morgan fingerprint density at radius 3 is 2.57 bits per heavy atom. The topological polar surface area (TPSA) is 49.3 Å². The zero-order valence-corrected chi connectivity index (χ0v) is 7.32. The van der Waals surface area contributed by atoms with E-state index in [2.05, 4.69) is 5.32 Å². The Labute approximate surface area is 78.6 Å². The van der Waals surface area contributed by atoms with Crippen molar-refractivity contribution in [1.29, 1.82) is 0 Å². The van der Waals surface area contributed by atoms with Gasteiger partial charge in [-0.05, 0) is 19.3 Å². The monoisotopic (exact) mass is 209 g/mol. The first-order valence-electron chi connectivity index (χ1n) is 4.15. The molecule has 0 unspecified atom stereocenters. The number of hydrogen-bond donors (Lipinski definition) is 2. The second kappa shape index (κ2) is 4.00. The fourth-order valence-electron chi connectivity index (χ4n) is 1.46. The summed E-state index contributed by atoms with van der Waals surface area (Å²) in [6.45, 7) is -0.454. The van der Waals surface area contributed by atoms with Crippen LogP contribution in [0, 0.1) is 0 Å². The molecule has 0 aromatic heterocycles. The fourth-order valence-corrected chi connectivity index (χ4v) is 1.46. The lowest BCUT2D eigenvalue weighted by Crippen LogP contribution is -2.26. The van der Waals surface area contributed by atoms with Crippen LogP contribution in [0.1, 0.15) is 19.3 Å². The van der Waals surface area contributed by atoms with Crippen LogP contribution in [0.15, 0.2) is 11.3 Å². The number of aliphatic hydroxyl groups excluding tert-OH is 1. The Morgan fingerprint density at radius 2 is 2.07 bits per heavy atom. The number of Topliss-reactive ketones (excluding diaryl/α,β-unsaturated/α-hetero) is 1. The second-order valence-electron chi connectivity index (χ2n) is 2.97. The fraction of sp³-hybridized carbons (Fsp3) is 0.625. The molecule has 0 fully saturated rings. The van der Waals surface area contributed by atoms with Crippen molar-refractivity contribution in [3.05, 3.63) is 11.3 Å². The van der Waals surface area contributed by atoms with E-state index < -0.39 is 18.7 Å². The normalized spacial score (nSPS) is 17.4. The number of alkyl halides is 3. The standard InChI is InChI=1S/C8H10F3NO2/c9-8(10,11)7(14)5-2-1-3-6(5)12-4-13/h12-13H,1-4H2. The molecular formula is C8H10F3NO2. The van der Waals surface area contributed by atoms with Gasteiger partial charge >= 0.3 is 6.18 Å². The molecule has 0 atom stereocenters. The van der Waals surface area contributed by atoms with Gasteiger partial charge in [0.25, 0.3) is 5.78 Å². The maximum absolute atomic E-state index is 12.0. The quantitative estimate of drug-likeness (QED) is 0.684. The van der Waals surface area contributed by atoms with Gasteiger partial charge in [-0.2, -0.15) is 13.2 Å². The molecule has 0 aromatic rings. The largest absolute Gasteiger partial charge is 0.454 e. The number of nitrogens with one attached hydrogen (secondary N) is 1. The summed E-state index contributed by atoms with van der Waals surface area (Å²) in [5.74, 6) is -1.80. The Kier molecular flexibility index (Phi) is 3.15. The van der Waals surface area contributed by atoms with E-state index in [0.717, 1.165) is 0 Å². The van der Waals surface area contributed by atoms with Gasteiger partial charge in [0.1, 0.15) is 6.73 Å². The number of allylic oxidation sites excluding steroid dienone is 2. The summed E-state index contributed by atoms with van der Waals surface area (Å²) in [5.41, 5.74) is -0.0265. The number of carbonyl (C=O) groups excluding carboxylic acids is 1. The number of hydrogen-bond acceptors (Lipinski definition) is 3. The van der Waals surface area contributed by atoms with Gasteiger partial charge in [0.2, 0.25) is 0 Å². The molecule has 6 heteroatoms. The first-order valence-corrected chi connectivity index (χ1v) is 4.15. The van der Waals surface area contributed by atoms with Crippen LogP contribution in [-0.4, -0.2) is 23.8 Å². The Bertz CT molecular complexity index is 270. The SMILES string of the molecule is O=C(C1=C(NCO)CCC1)C(F)(F)F. The zero-order valence-electron chi connectivity index (χ0n) is 7.32. The summed E-state index contributed by atoms with van der Waals surface area (Å²) in [4.78, 5) is 10.8. The molecule has 14 heavy (non-hydrogen) atoms. The number of carbonyl (C=O) groups is 1. The predicted molar refractivity (Wildman–Crippen MR) is 42.2 cm³/mol. The molecule has 0 spiro atoms. The van der Waals surface area contributed by atoms with Crippen LogP contribution in [0.3, 0.4) is 0 Å². The van der Waals surface area contributed by atoms with Crippen LogP contribution < -0.4 is 5.32 Å². The lowest BCUT2D eigenvalue weighted by Gasteiger charge is -2.09. The third kappa shape index (κ3) is 2.25. The van der Waals surface area contributed by atoms with E-state index in [1.54, 1.807) is 0 Å². The van der Waals surface area contributed by atoms with Gasteiger partial charge in [-0.15, -0.1) is 0 Å². The van der Waals surface area contributed by atoms with Crippen molar-refractivity contribution in [3.63, 3.8) is 0 Å². The first-order chi connectivity index (χ1) is 6.46. The van der Waals surface area contributed by atoms with Crippen molar-refractivity contribution in [2.24, 2.45) is 0 Å². The van der Waals surface area contributed by atoms with Gasteiger partial charge < -0.3 is 10.4 Å². The van der Waals surface area contributed by atoms with E-state index in [4.69, 9.17) is 5.11 Å². The van der Waals surface area contributed by atoms with Crippen molar-refractivity contribution >= 4 is 5.78 Å². The van der Waals surface area contributed by atoms with Gasteiger partial charge in [-0.1, -0.05) is 0 Å². The highest BCUT2D eigenvalue weighted by atomic mass is 19.4. The molecule has 0 aromatic carbocycles. The first kappa shape index (κ1) is 11.0. The van der Waals surface area contributed by atoms with Crippen LogP contribution >= 0.6 is 0 Å². The van der Waals surface area contributed by atoms with Crippen LogP contribution in [-0.2, 0) is 4.79 Å². The third-order valence-electron chi connectivity index (χ3n) is 2.04. The number of ketones is 1. The van der Waals surface area contributed by atoms with Crippen molar-refractivity contribution in [2.75, 3.05) is 6.73 Å². The minimum Gasteiger partial charge on any atom is -0.377 e. The lowest BCUT2D eigenvalue weighted by molar-refractivity contribution is -0.166. The van der Waals surface area contributed by atoms with E-state index in [9.17, 15) is 18.0 Å². The van der Waals surface area contributed by atoms with Crippen LogP contribution in [0.2, 0.25) is 0 Å². The highest BCUT2D eigenvalue weighted by molar-refractivity contribution is 6.00. The Balaban J connectivity index is 2.84. The van der Waals surface area contributed by atoms with E-state index >= 15 is 0 Å². The van der Waals surface area contributed by atoms with E-state index in [0.29, 0.717) is 12.8 Å². The van der Waals surface area contributed by atoms with Gasteiger partial charge in [-0.25, -0.2) is 0 Å². The molecular weight excluding hydrogens is 199 g/mol. The molecule has 1 rings (SSSR count). The average Bonchev–Trinajstić information content (AvgIpc) is 2.50. The molecule has 3 nitrogen and oxygen atoms in total. The Hall–Kier alpha value is -1.04. The molecule has 0 aliphatic heterocycles. The molecule has 0 heterocycles. The van der Waals surface area contributed by atoms with E-state index in [-0.39, 0.29) is 17.7 Å². The smallest absolute Gasteiger partial charge is 0.377 e. The molecule has 80 valence electrons. The second-order valence-corrected chi connectivity index (χ2v) is 2.97. The van der Waals surface area contributed by atoms with Gasteiger partial charge in [0.15, 0.2) is 0 Å². The maximum Gasteiger partial charge on any atom is 0.454 e. The van der Waals surface area contributed by atoms with Crippen molar-refractivity contribution in [2.45, 2.75) is 25.4 Å². The van der Waals surface area contributed by atoms with Gasteiger partial charge in [0, 0.05) is 11.3 Å². The summed E-state index contributed by atoms with van der Waals surface area (Å²) in [6, 6.07) is 0. The highest BCUT2D eigenvalue weighted by Gasteiger charge is 2.42. The average molecular weight is 209 g/mol. The highest BCUT2D eigenvalue weighted by Crippen LogP contribution is 2.30. The van der Waals surface area contributed by atoms with Crippen LogP contribution in [0.5, 0.6) is 0 Å². The summed E-state index contributed by atoms with van der Waals surface area (Å²) < 4.78 is 36.1.